The number of hydrogen-bond donors (Lipinski definition) is 2. The lowest BCUT2D eigenvalue weighted by atomic mass is 10.1. The second kappa shape index (κ2) is 8.87. The molecule has 1 aromatic heterocycles. The average Bonchev–Trinajstić information content (AvgIpc) is 3.61. The van der Waals surface area contributed by atoms with Crippen molar-refractivity contribution in [3.05, 3.63) is 48.3 Å². The van der Waals surface area contributed by atoms with Crippen LogP contribution in [0.1, 0.15) is 24.6 Å². The third kappa shape index (κ3) is 4.60. The van der Waals surface area contributed by atoms with Gasteiger partial charge in [-0.25, -0.2) is 9.99 Å². The molecular formula is C23H28N6O2. The van der Waals surface area contributed by atoms with E-state index >= 15 is 0 Å². The molecule has 0 bridgehead atoms. The first-order valence-electron chi connectivity index (χ1n) is 10.3. The number of hydrogen-bond acceptors (Lipinski definition) is 8. The van der Waals surface area contributed by atoms with E-state index in [0.29, 0.717) is 11.6 Å². The SMILES string of the molecule is COc1cc(OC)cc(N(CC2CC2)c2ccc3ncc(C(C=N)N(C)N)nc3c2)c1. The van der Waals surface area contributed by atoms with Crippen molar-refractivity contribution in [3.8, 4) is 11.5 Å². The molecule has 0 amide bonds. The van der Waals surface area contributed by atoms with Gasteiger partial charge in [0.1, 0.15) is 17.5 Å². The van der Waals surface area contributed by atoms with Crippen LogP contribution in [0, 0.1) is 11.3 Å². The fraction of sp³-hybridized carbons (Fsp3) is 0.348. The molecule has 1 atom stereocenters. The Labute approximate surface area is 182 Å². The third-order valence-electron chi connectivity index (χ3n) is 5.54. The number of nitrogens with zero attached hydrogens (tertiary/aromatic N) is 4. The van der Waals surface area contributed by atoms with E-state index in [1.165, 1.54) is 24.1 Å². The summed E-state index contributed by atoms with van der Waals surface area (Å²) in [5.41, 5.74) is 4.23. The van der Waals surface area contributed by atoms with E-state index in [9.17, 15) is 0 Å². The van der Waals surface area contributed by atoms with Gasteiger partial charge in [0.05, 0.1) is 37.1 Å². The molecule has 1 aliphatic carbocycles. The summed E-state index contributed by atoms with van der Waals surface area (Å²) in [5, 5.41) is 9.13. The molecule has 1 fully saturated rings. The molecule has 2 aromatic carbocycles. The highest BCUT2D eigenvalue weighted by Gasteiger charge is 2.26. The lowest BCUT2D eigenvalue weighted by Gasteiger charge is -2.26. The minimum Gasteiger partial charge on any atom is -0.497 e. The van der Waals surface area contributed by atoms with Crippen LogP contribution in [0.25, 0.3) is 11.0 Å². The molecule has 0 saturated heterocycles. The minimum atomic E-state index is -0.425. The van der Waals surface area contributed by atoms with Gasteiger partial charge in [0.15, 0.2) is 0 Å². The number of methoxy groups -OCH3 is 2. The molecule has 0 radical (unpaired) electrons. The van der Waals surface area contributed by atoms with Crippen LogP contribution in [-0.2, 0) is 0 Å². The van der Waals surface area contributed by atoms with Crippen LogP contribution >= 0.6 is 0 Å². The molecule has 31 heavy (non-hydrogen) atoms. The van der Waals surface area contributed by atoms with Gasteiger partial charge in [0.25, 0.3) is 0 Å². The zero-order valence-corrected chi connectivity index (χ0v) is 18.1. The molecule has 8 heteroatoms. The summed E-state index contributed by atoms with van der Waals surface area (Å²) in [6, 6.07) is 11.6. The van der Waals surface area contributed by atoms with Crippen LogP contribution in [-0.4, -0.2) is 49.0 Å². The highest BCUT2D eigenvalue weighted by Crippen LogP contribution is 2.38. The van der Waals surface area contributed by atoms with Gasteiger partial charge in [-0.05, 0) is 37.0 Å². The summed E-state index contributed by atoms with van der Waals surface area (Å²) in [6.45, 7) is 0.906. The van der Waals surface area contributed by atoms with Gasteiger partial charge in [0, 0.05) is 49.4 Å². The largest absolute Gasteiger partial charge is 0.497 e. The fourth-order valence-corrected chi connectivity index (χ4v) is 3.60. The van der Waals surface area contributed by atoms with Crippen LogP contribution in [0.3, 0.4) is 0 Å². The van der Waals surface area contributed by atoms with E-state index in [0.717, 1.165) is 40.5 Å². The van der Waals surface area contributed by atoms with E-state index < -0.39 is 6.04 Å². The Balaban J connectivity index is 1.78. The summed E-state index contributed by atoms with van der Waals surface area (Å²) in [7, 11) is 5.03. The van der Waals surface area contributed by atoms with Gasteiger partial charge in [0.2, 0.25) is 0 Å². The number of fused-ring (bicyclic) bond motifs is 1. The predicted molar refractivity (Wildman–Crippen MR) is 122 cm³/mol. The topological polar surface area (TPSA) is 101 Å². The normalized spacial score (nSPS) is 14.5. The summed E-state index contributed by atoms with van der Waals surface area (Å²) < 4.78 is 11.0. The molecule has 1 heterocycles. The first-order chi connectivity index (χ1) is 15.0. The van der Waals surface area contributed by atoms with Crippen molar-refractivity contribution in [2.45, 2.75) is 18.9 Å². The number of nitrogens with two attached hydrogens (primary N) is 1. The molecule has 1 saturated carbocycles. The molecular weight excluding hydrogens is 392 g/mol. The maximum Gasteiger partial charge on any atom is 0.124 e. The zero-order valence-electron chi connectivity index (χ0n) is 18.1. The Morgan fingerprint density at radius 2 is 1.81 bits per heavy atom. The monoisotopic (exact) mass is 420 g/mol. The standard InChI is InChI=1S/C23H28N6O2/c1-28(25)23(12-24)22-13-26-20-7-6-16(10-21(20)27-22)29(14-15-4-5-15)17-8-18(30-2)11-19(9-17)31-3/h6-13,15,23-24H,4-5,14,25H2,1-3H3. The van der Waals surface area contributed by atoms with Crippen LogP contribution in [0.15, 0.2) is 42.6 Å². The molecule has 0 spiro atoms. The third-order valence-corrected chi connectivity index (χ3v) is 5.54. The van der Waals surface area contributed by atoms with Gasteiger partial charge in [-0.3, -0.25) is 10.8 Å². The molecule has 3 aromatic rings. The van der Waals surface area contributed by atoms with Gasteiger partial charge >= 0.3 is 0 Å². The van der Waals surface area contributed by atoms with Crippen molar-refractivity contribution in [1.29, 1.82) is 5.41 Å². The summed E-state index contributed by atoms with van der Waals surface area (Å²) in [6.07, 6.45) is 5.41. The van der Waals surface area contributed by atoms with Crippen molar-refractivity contribution in [3.63, 3.8) is 0 Å². The minimum absolute atomic E-state index is 0.425. The molecule has 0 aliphatic heterocycles. The summed E-state index contributed by atoms with van der Waals surface area (Å²) in [4.78, 5) is 11.6. The van der Waals surface area contributed by atoms with Crippen molar-refractivity contribution >= 4 is 28.6 Å². The highest BCUT2D eigenvalue weighted by molar-refractivity contribution is 5.81. The second-order valence-electron chi connectivity index (χ2n) is 7.87. The maximum atomic E-state index is 7.67. The van der Waals surface area contributed by atoms with E-state index in [1.54, 1.807) is 27.5 Å². The van der Waals surface area contributed by atoms with Crippen molar-refractivity contribution in [2.24, 2.45) is 11.8 Å². The van der Waals surface area contributed by atoms with Gasteiger partial charge in [-0.15, -0.1) is 0 Å². The Hall–Kier alpha value is -3.23. The van der Waals surface area contributed by atoms with Gasteiger partial charge < -0.3 is 19.8 Å². The number of hydrazine groups is 1. The lowest BCUT2D eigenvalue weighted by molar-refractivity contribution is 0.312. The Kier molecular flexibility index (Phi) is 6.01. The van der Waals surface area contributed by atoms with E-state index in [4.69, 9.17) is 25.7 Å². The highest BCUT2D eigenvalue weighted by atomic mass is 16.5. The smallest absolute Gasteiger partial charge is 0.124 e. The first kappa shape index (κ1) is 21.0. The quantitative estimate of drug-likeness (QED) is 0.309. The van der Waals surface area contributed by atoms with Gasteiger partial charge in [-0.2, -0.15) is 0 Å². The number of ether oxygens (including phenoxy) is 2. The van der Waals surface area contributed by atoms with Crippen molar-refractivity contribution in [1.82, 2.24) is 15.0 Å². The molecule has 1 aliphatic rings. The maximum absolute atomic E-state index is 7.67. The van der Waals surface area contributed by atoms with E-state index in [-0.39, 0.29) is 0 Å². The second-order valence-corrected chi connectivity index (χ2v) is 7.87. The molecule has 3 N–H and O–H groups in total. The zero-order chi connectivity index (χ0) is 22.0. The first-order valence-corrected chi connectivity index (χ1v) is 10.3. The number of anilines is 2. The Morgan fingerprint density at radius 1 is 1.10 bits per heavy atom. The van der Waals surface area contributed by atoms with Crippen molar-refractivity contribution < 1.29 is 9.47 Å². The Bertz CT molecular complexity index is 1060. The number of benzene rings is 2. The number of aromatic nitrogens is 2. The van der Waals surface area contributed by atoms with Crippen LogP contribution in [0.4, 0.5) is 11.4 Å². The van der Waals surface area contributed by atoms with Crippen molar-refractivity contribution in [2.75, 3.05) is 32.7 Å². The number of nitrogens with one attached hydrogen (secondary N) is 1. The van der Waals surface area contributed by atoms with Crippen LogP contribution < -0.4 is 20.2 Å². The molecule has 4 rings (SSSR count). The summed E-state index contributed by atoms with van der Waals surface area (Å²) >= 11 is 0. The lowest BCUT2D eigenvalue weighted by Crippen LogP contribution is -2.32. The molecule has 8 nitrogen and oxygen atoms in total. The number of rotatable bonds is 9. The van der Waals surface area contributed by atoms with E-state index in [2.05, 4.69) is 16.0 Å². The van der Waals surface area contributed by atoms with Crippen LogP contribution in [0.5, 0.6) is 11.5 Å². The van der Waals surface area contributed by atoms with Crippen LogP contribution in [0.2, 0.25) is 0 Å². The van der Waals surface area contributed by atoms with E-state index in [1.807, 2.05) is 30.3 Å². The summed E-state index contributed by atoms with van der Waals surface area (Å²) in [5.74, 6) is 8.04. The molecule has 162 valence electrons. The van der Waals surface area contributed by atoms with Gasteiger partial charge in [-0.1, -0.05) is 0 Å². The predicted octanol–water partition coefficient (Wildman–Crippen LogP) is 3.69. The fourth-order valence-electron chi connectivity index (χ4n) is 3.60. The molecule has 1 unspecified atom stereocenters. The Morgan fingerprint density at radius 3 is 2.39 bits per heavy atom. The average molecular weight is 421 g/mol.